The minimum Gasteiger partial charge on any atom is -0.496 e. The molecule has 28 heavy (non-hydrogen) atoms. The van der Waals surface area contributed by atoms with Crippen LogP contribution in [0.5, 0.6) is 5.75 Å². The predicted octanol–water partition coefficient (Wildman–Crippen LogP) is 5.54. The number of sulfonamides is 1. The summed E-state index contributed by atoms with van der Waals surface area (Å²) in [4.78, 5) is -0.122. The van der Waals surface area contributed by atoms with Gasteiger partial charge in [-0.3, -0.25) is 4.31 Å². The Morgan fingerprint density at radius 3 is 2.32 bits per heavy atom. The van der Waals surface area contributed by atoms with Crippen LogP contribution in [0.2, 0.25) is 10.0 Å². The third-order valence-corrected chi connectivity index (χ3v) is 6.41. The number of para-hydroxylation sites is 1. The molecule has 146 valence electrons. The molecule has 0 aliphatic carbocycles. The normalized spacial score (nSPS) is 11.3. The van der Waals surface area contributed by atoms with E-state index in [4.69, 9.17) is 27.9 Å². The Kier molecular flexibility index (Phi) is 6.13. The molecular formula is C20H16Cl2FNO3S. The van der Waals surface area contributed by atoms with Crippen molar-refractivity contribution in [3.8, 4) is 5.75 Å². The van der Waals surface area contributed by atoms with E-state index in [1.807, 2.05) is 0 Å². The summed E-state index contributed by atoms with van der Waals surface area (Å²) in [5, 5.41) is 0.206. The number of hydrogen-bond acceptors (Lipinski definition) is 3. The molecule has 0 aliphatic heterocycles. The van der Waals surface area contributed by atoms with E-state index in [0.29, 0.717) is 22.0 Å². The van der Waals surface area contributed by atoms with Crippen molar-refractivity contribution >= 4 is 38.9 Å². The third kappa shape index (κ3) is 4.24. The topological polar surface area (TPSA) is 46.6 Å². The van der Waals surface area contributed by atoms with Gasteiger partial charge in [-0.2, -0.15) is 0 Å². The van der Waals surface area contributed by atoms with Gasteiger partial charge in [0, 0.05) is 10.6 Å². The molecule has 0 radical (unpaired) electrons. The van der Waals surface area contributed by atoms with E-state index < -0.39 is 15.8 Å². The summed E-state index contributed by atoms with van der Waals surface area (Å²) < 4.78 is 46.8. The Labute approximate surface area is 173 Å². The number of methoxy groups -OCH3 is 1. The predicted molar refractivity (Wildman–Crippen MR) is 109 cm³/mol. The van der Waals surface area contributed by atoms with Crippen LogP contribution in [-0.2, 0) is 16.6 Å². The van der Waals surface area contributed by atoms with Crippen molar-refractivity contribution in [2.75, 3.05) is 11.4 Å². The second-order valence-electron chi connectivity index (χ2n) is 5.88. The molecule has 0 saturated heterocycles. The molecule has 3 aromatic carbocycles. The minimum absolute atomic E-state index is 0.00295. The van der Waals surface area contributed by atoms with Gasteiger partial charge in [0.2, 0.25) is 0 Å². The highest BCUT2D eigenvalue weighted by atomic mass is 35.5. The highest BCUT2D eigenvalue weighted by Gasteiger charge is 2.27. The summed E-state index contributed by atoms with van der Waals surface area (Å²) in [5.41, 5.74) is 1.06. The molecule has 0 N–H and O–H groups in total. The molecular weight excluding hydrogens is 424 g/mol. The molecule has 0 fully saturated rings. The van der Waals surface area contributed by atoms with E-state index in [9.17, 15) is 12.8 Å². The zero-order valence-electron chi connectivity index (χ0n) is 14.8. The van der Waals surface area contributed by atoms with Gasteiger partial charge in [0.25, 0.3) is 10.0 Å². The molecule has 8 heteroatoms. The van der Waals surface area contributed by atoms with Gasteiger partial charge in [-0.25, -0.2) is 12.8 Å². The number of halogens is 3. The molecule has 0 heterocycles. The van der Waals surface area contributed by atoms with Crippen molar-refractivity contribution in [3.63, 3.8) is 0 Å². The molecule has 0 unspecified atom stereocenters. The SMILES string of the molecule is COc1ccccc1CN(c1ccc(Cl)cc1)S(=O)(=O)c1ccc(F)c(Cl)c1. The van der Waals surface area contributed by atoms with Gasteiger partial charge in [0.15, 0.2) is 0 Å². The number of benzene rings is 3. The minimum atomic E-state index is -4.05. The maximum atomic E-state index is 13.5. The molecule has 0 spiro atoms. The first kappa shape index (κ1) is 20.5. The van der Waals surface area contributed by atoms with Crippen molar-refractivity contribution in [1.29, 1.82) is 0 Å². The third-order valence-electron chi connectivity index (χ3n) is 4.10. The molecule has 0 saturated carbocycles. The number of ether oxygens (including phenoxy) is 1. The standard InChI is InChI=1S/C20H16Cl2FNO3S/c1-27-20-5-3-2-4-14(20)13-24(16-8-6-15(21)7-9-16)28(25,26)17-10-11-19(23)18(22)12-17/h2-12H,13H2,1H3. The lowest BCUT2D eigenvalue weighted by Crippen LogP contribution is -2.30. The van der Waals surface area contributed by atoms with E-state index in [2.05, 4.69) is 0 Å². The van der Waals surface area contributed by atoms with Crippen LogP contribution in [0.3, 0.4) is 0 Å². The maximum absolute atomic E-state index is 13.5. The lowest BCUT2D eigenvalue weighted by atomic mass is 10.2. The Morgan fingerprint density at radius 1 is 1.00 bits per heavy atom. The second kappa shape index (κ2) is 8.39. The Balaban J connectivity index is 2.12. The molecule has 3 rings (SSSR count). The first-order chi connectivity index (χ1) is 13.3. The van der Waals surface area contributed by atoms with Crippen LogP contribution in [0.4, 0.5) is 10.1 Å². The summed E-state index contributed by atoms with van der Waals surface area (Å²) >= 11 is 11.8. The van der Waals surface area contributed by atoms with Gasteiger partial charge >= 0.3 is 0 Å². The summed E-state index contributed by atoms with van der Waals surface area (Å²) in [7, 11) is -2.53. The highest BCUT2D eigenvalue weighted by Crippen LogP contribution is 2.31. The second-order valence-corrected chi connectivity index (χ2v) is 8.58. The fourth-order valence-electron chi connectivity index (χ4n) is 2.68. The fourth-order valence-corrected chi connectivity index (χ4v) is 4.52. The van der Waals surface area contributed by atoms with Gasteiger partial charge in [0.1, 0.15) is 11.6 Å². The number of hydrogen-bond donors (Lipinski definition) is 0. The summed E-state index contributed by atoms with van der Waals surface area (Å²) in [6.45, 7) is 0.00295. The number of rotatable bonds is 6. The van der Waals surface area contributed by atoms with Crippen molar-refractivity contribution in [1.82, 2.24) is 0 Å². The molecule has 0 atom stereocenters. The first-order valence-corrected chi connectivity index (χ1v) is 10.4. The van der Waals surface area contributed by atoms with E-state index in [0.717, 1.165) is 12.1 Å². The van der Waals surface area contributed by atoms with E-state index in [-0.39, 0.29) is 16.5 Å². The van der Waals surface area contributed by atoms with Gasteiger partial charge in [-0.05, 0) is 48.5 Å². The Bertz CT molecular complexity index is 1090. The van der Waals surface area contributed by atoms with Crippen LogP contribution in [-0.4, -0.2) is 15.5 Å². The van der Waals surface area contributed by atoms with Crippen molar-refractivity contribution in [3.05, 3.63) is 88.2 Å². The largest absolute Gasteiger partial charge is 0.496 e. The summed E-state index contributed by atoms with van der Waals surface area (Å²) in [6.07, 6.45) is 0. The van der Waals surface area contributed by atoms with E-state index >= 15 is 0 Å². The first-order valence-electron chi connectivity index (χ1n) is 8.18. The fraction of sp³-hybridized carbons (Fsp3) is 0.100. The average molecular weight is 440 g/mol. The monoisotopic (exact) mass is 439 g/mol. The van der Waals surface area contributed by atoms with Gasteiger partial charge < -0.3 is 4.74 Å². The molecule has 3 aromatic rings. The molecule has 0 amide bonds. The van der Waals surface area contributed by atoms with Gasteiger partial charge in [0.05, 0.1) is 29.3 Å². The Hall–Kier alpha value is -2.28. The van der Waals surface area contributed by atoms with Crippen LogP contribution in [0, 0.1) is 5.82 Å². The van der Waals surface area contributed by atoms with Crippen LogP contribution in [0.15, 0.2) is 71.6 Å². The maximum Gasteiger partial charge on any atom is 0.264 e. The molecule has 0 bridgehead atoms. The summed E-state index contributed by atoms with van der Waals surface area (Å²) in [5.74, 6) is -0.141. The Morgan fingerprint density at radius 2 is 1.68 bits per heavy atom. The zero-order chi connectivity index (χ0) is 20.3. The van der Waals surface area contributed by atoms with Crippen LogP contribution < -0.4 is 9.04 Å². The number of anilines is 1. The van der Waals surface area contributed by atoms with Crippen LogP contribution >= 0.6 is 23.2 Å². The van der Waals surface area contributed by atoms with E-state index in [1.54, 1.807) is 48.5 Å². The van der Waals surface area contributed by atoms with Crippen molar-refractivity contribution in [2.24, 2.45) is 0 Å². The van der Waals surface area contributed by atoms with Gasteiger partial charge in [-0.1, -0.05) is 41.4 Å². The van der Waals surface area contributed by atoms with E-state index in [1.165, 1.54) is 17.5 Å². The van der Waals surface area contributed by atoms with Crippen LogP contribution in [0.1, 0.15) is 5.56 Å². The average Bonchev–Trinajstić information content (AvgIpc) is 2.69. The number of nitrogens with zero attached hydrogens (tertiary/aromatic N) is 1. The van der Waals surface area contributed by atoms with Crippen molar-refractivity contribution < 1.29 is 17.5 Å². The lowest BCUT2D eigenvalue weighted by Gasteiger charge is -2.25. The summed E-state index contributed by atoms with van der Waals surface area (Å²) in [6, 6.07) is 16.8. The molecule has 4 nitrogen and oxygen atoms in total. The zero-order valence-corrected chi connectivity index (χ0v) is 17.1. The highest BCUT2D eigenvalue weighted by molar-refractivity contribution is 7.92. The smallest absolute Gasteiger partial charge is 0.264 e. The lowest BCUT2D eigenvalue weighted by molar-refractivity contribution is 0.410. The molecule has 0 aromatic heterocycles. The molecule has 0 aliphatic rings. The van der Waals surface area contributed by atoms with Gasteiger partial charge in [-0.15, -0.1) is 0 Å². The quantitative estimate of drug-likeness (QED) is 0.506. The van der Waals surface area contributed by atoms with Crippen molar-refractivity contribution in [2.45, 2.75) is 11.4 Å². The van der Waals surface area contributed by atoms with Crippen LogP contribution in [0.25, 0.3) is 0 Å².